The Morgan fingerprint density at radius 1 is 1.35 bits per heavy atom. The summed E-state index contributed by atoms with van der Waals surface area (Å²) in [6.45, 7) is 6.69. The molecule has 3 nitrogen and oxygen atoms in total. The first-order valence-electron chi connectivity index (χ1n) is 6.05. The van der Waals surface area contributed by atoms with Crippen LogP contribution in [0.25, 0.3) is 0 Å². The molecule has 0 heterocycles. The second-order valence-corrected chi connectivity index (χ2v) is 4.38. The fourth-order valence-electron chi connectivity index (χ4n) is 1.66. The molecular weight excluding hydrogens is 214 g/mol. The highest BCUT2D eigenvalue weighted by atomic mass is 16.5. The van der Waals surface area contributed by atoms with Crippen molar-refractivity contribution in [2.24, 2.45) is 11.1 Å². The van der Waals surface area contributed by atoms with Gasteiger partial charge in [0.25, 0.3) is 0 Å². The van der Waals surface area contributed by atoms with Gasteiger partial charge in [-0.05, 0) is 25.5 Å². The van der Waals surface area contributed by atoms with Crippen LogP contribution in [0.2, 0.25) is 0 Å². The van der Waals surface area contributed by atoms with Gasteiger partial charge in [-0.3, -0.25) is 4.79 Å². The Bertz CT molecular complexity index is 384. The van der Waals surface area contributed by atoms with Crippen molar-refractivity contribution in [1.29, 1.82) is 0 Å². The summed E-state index contributed by atoms with van der Waals surface area (Å²) in [6.07, 6.45) is 0.725. The first-order chi connectivity index (χ1) is 8.09. The molecule has 0 radical (unpaired) electrons. The molecule has 17 heavy (non-hydrogen) atoms. The second-order valence-electron chi connectivity index (χ2n) is 4.38. The molecule has 0 saturated carbocycles. The standard InChI is InChI=1S/C14H21NO2/c1-4-14(3,10-15)13(16)11-8-6-7-9-12(11)17-5-2/h6-9H,4-5,10,15H2,1-3H3. The Morgan fingerprint density at radius 3 is 2.53 bits per heavy atom. The molecule has 1 unspecified atom stereocenters. The maximum Gasteiger partial charge on any atom is 0.173 e. The number of hydrogen-bond donors (Lipinski definition) is 1. The van der Waals surface area contributed by atoms with Crippen LogP contribution in [-0.4, -0.2) is 18.9 Å². The molecule has 3 heteroatoms. The summed E-state index contributed by atoms with van der Waals surface area (Å²) in [5.74, 6) is 0.708. The molecule has 1 aromatic carbocycles. The van der Waals surface area contributed by atoms with Gasteiger partial charge in [0.2, 0.25) is 0 Å². The molecular formula is C14H21NO2. The fourth-order valence-corrected chi connectivity index (χ4v) is 1.66. The minimum absolute atomic E-state index is 0.0616. The van der Waals surface area contributed by atoms with Crippen LogP contribution in [-0.2, 0) is 0 Å². The van der Waals surface area contributed by atoms with Crippen molar-refractivity contribution in [3.63, 3.8) is 0 Å². The van der Waals surface area contributed by atoms with Gasteiger partial charge in [0.1, 0.15) is 5.75 Å². The minimum atomic E-state index is -0.507. The maximum atomic E-state index is 12.5. The summed E-state index contributed by atoms with van der Waals surface area (Å²) >= 11 is 0. The molecule has 0 amide bonds. The number of carbonyl (C=O) groups is 1. The van der Waals surface area contributed by atoms with Crippen molar-refractivity contribution in [1.82, 2.24) is 0 Å². The molecule has 2 N–H and O–H groups in total. The molecule has 94 valence electrons. The fraction of sp³-hybridized carbons (Fsp3) is 0.500. The molecule has 0 aliphatic rings. The van der Waals surface area contributed by atoms with Gasteiger partial charge >= 0.3 is 0 Å². The van der Waals surface area contributed by atoms with Crippen LogP contribution >= 0.6 is 0 Å². The predicted octanol–water partition coefficient (Wildman–Crippen LogP) is 2.64. The average Bonchev–Trinajstić information content (AvgIpc) is 2.38. The zero-order chi connectivity index (χ0) is 12.9. The van der Waals surface area contributed by atoms with Crippen LogP contribution in [0.3, 0.4) is 0 Å². The molecule has 0 aliphatic heterocycles. The lowest BCUT2D eigenvalue weighted by atomic mass is 9.80. The number of benzene rings is 1. The van der Waals surface area contributed by atoms with Gasteiger partial charge in [-0.15, -0.1) is 0 Å². The van der Waals surface area contributed by atoms with E-state index in [4.69, 9.17) is 10.5 Å². The Morgan fingerprint density at radius 2 is 2.00 bits per heavy atom. The summed E-state index contributed by atoms with van der Waals surface area (Å²) in [4.78, 5) is 12.5. The van der Waals surface area contributed by atoms with E-state index in [1.807, 2.05) is 39.0 Å². The third kappa shape index (κ3) is 2.86. The van der Waals surface area contributed by atoms with Crippen LogP contribution in [0, 0.1) is 5.41 Å². The van der Waals surface area contributed by atoms with Crippen molar-refractivity contribution in [2.45, 2.75) is 27.2 Å². The van der Waals surface area contributed by atoms with Gasteiger partial charge in [-0.2, -0.15) is 0 Å². The predicted molar refractivity (Wildman–Crippen MR) is 69.4 cm³/mol. The summed E-state index contributed by atoms with van der Waals surface area (Å²) in [6, 6.07) is 7.34. The highest BCUT2D eigenvalue weighted by Gasteiger charge is 2.32. The highest BCUT2D eigenvalue weighted by Crippen LogP contribution is 2.29. The van der Waals surface area contributed by atoms with Crippen LogP contribution in [0.1, 0.15) is 37.6 Å². The van der Waals surface area contributed by atoms with Crippen molar-refractivity contribution in [3.8, 4) is 5.75 Å². The van der Waals surface area contributed by atoms with E-state index in [1.165, 1.54) is 0 Å². The monoisotopic (exact) mass is 235 g/mol. The Kier molecular flexibility index (Phi) is 4.70. The van der Waals surface area contributed by atoms with E-state index in [0.29, 0.717) is 24.5 Å². The maximum absolute atomic E-state index is 12.5. The first kappa shape index (κ1) is 13.7. The first-order valence-corrected chi connectivity index (χ1v) is 6.05. The largest absolute Gasteiger partial charge is 0.493 e. The summed E-state index contributed by atoms with van der Waals surface area (Å²) in [5.41, 5.74) is 5.84. The van der Waals surface area contributed by atoms with Crippen LogP contribution in [0.15, 0.2) is 24.3 Å². The molecule has 0 spiro atoms. The van der Waals surface area contributed by atoms with E-state index in [2.05, 4.69) is 0 Å². The number of hydrogen-bond acceptors (Lipinski definition) is 3. The van der Waals surface area contributed by atoms with Gasteiger partial charge in [0, 0.05) is 12.0 Å². The Labute approximate surface area is 103 Å². The number of ether oxygens (including phenoxy) is 1. The third-order valence-corrected chi connectivity index (χ3v) is 3.21. The molecule has 1 atom stereocenters. The van der Waals surface area contributed by atoms with E-state index in [9.17, 15) is 4.79 Å². The summed E-state index contributed by atoms with van der Waals surface area (Å²) in [7, 11) is 0. The van der Waals surface area contributed by atoms with Gasteiger partial charge in [-0.25, -0.2) is 0 Å². The van der Waals surface area contributed by atoms with Crippen molar-refractivity contribution in [2.75, 3.05) is 13.2 Å². The lowest BCUT2D eigenvalue weighted by Crippen LogP contribution is -2.35. The van der Waals surface area contributed by atoms with Crippen LogP contribution in [0.4, 0.5) is 0 Å². The quantitative estimate of drug-likeness (QED) is 0.771. The second kappa shape index (κ2) is 5.82. The number of carbonyl (C=O) groups excluding carboxylic acids is 1. The smallest absolute Gasteiger partial charge is 0.173 e. The number of rotatable bonds is 6. The normalized spacial score (nSPS) is 14.1. The Balaban J connectivity index is 3.11. The highest BCUT2D eigenvalue weighted by molar-refractivity contribution is 6.02. The molecule has 0 bridgehead atoms. The number of Topliss-reactive ketones (excluding diaryl/α,β-unsaturated/α-hetero) is 1. The van der Waals surface area contributed by atoms with Gasteiger partial charge in [0.15, 0.2) is 5.78 Å². The molecule has 0 aromatic heterocycles. The van der Waals surface area contributed by atoms with Crippen molar-refractivity contribution >= 4 is 5.78 Å². The molecule has 1 aromatic rings. The van der Waals surface area contributed by atoms with E-state index in [1.54, 1.807) is 6.07 Å². The topological polar surface area (TPSA) is 52.3 Å². The van der Waals surface area contributed by atoms with Crippen molar-refractivity contribution < 1.29 is 9.53 Å². The van der Waals surface area contributed by atoms with Crippen LogP contribution in [0.5, 0.6) is 5.75 Å². The summed E-state index contributed by atoms with van der Waals surface area (Å²) < 4.78 is 5.48. The van der Waals surface area contributed by atoms with E-state index in [0.717, 1.165) is 6.42 Å². The number of para-hydroxylation sites is 1. The number of nitrogens with two attached hydrogens (primary N) is 1. The zero-order valence-electron chi connectivity index (χ0n) is 10.8. The average molecular weight is 235 g/mol. The molecule has 0 saturated heterocycles. The van der Waals surface area contributed by atoms with Gasteiger partial charge in [0.05, 0.1) is 12.2 Å². The molecule has 1 rings (SSSR count). The van der Waals surface area contributed by atoms with E-state index < -0.39 is 5.41 Å². The lowest BCUT2D eigenvalue weighted by molar-refractivity contribution is 0.0816. The van der Waals surface area contributed by atoms with Crippen LogP contribution < -0.4 is 10.5 Å². The van der Waals surface area contributed by atoms with Gasteiger partial charge in [-0.1, -0.05) is 26.0 Å². The third-order valence-electron chi connectivity index (χ3n) is 3.21. The van der Waals surface area contributed by atoms with Gasteiger partial charge < -0.3 is 10.5 Å². The number of ketones is 1. The van der Waals surface area contributed by atoms with E-state index >= 15 is 0 Å². The molecule has 0 fully saturated rings. The zero-order valence-corrected chi connectivity index (χ0v) is 10.8. The lowest BCUT2D eigenvalue weighted by Gasteiger charge is -2.25. The summed E-state index contributed by atoms with van der Waals surface area (Å²) in [5, 5.41) is 0. The van der Waals surface area contributed by atoms with E-state index in [-0.39, 0.29) is 5.78 Å². The minimum Gasteiger partial charge on any atom is -0.493 e. The SMILES string of the molecule is CCOc1ccccc1C(=O)C(C)(CC)CN. The molecule has 0 aliphatic carbocycles. The van der Waals surface area contributed by atoms with Crippen molar-refractivity contribution in [3.05, 3.63) is 29.8 Å². The Hall–Kier alpha value is -1.35.